The van der Waals surface area contributed by atoms with Crippen LogP contribution in [-0.2, 0) is 17.8 Å². The van der Waals surface area contributed by atoms with Crippen LogP contribution in [0.3, 0.4) is 0 Å². The lowest BCUT2D eigenvalue weighted by atomic mass is 10.1. The van der Waals surface area contributed by atoms with Gasteiger partial charge in [-0.3, -0.25) is 4.79 Å². The van der Waals surface area contributed by atoms with Gasteiger partial charge >= 0.3 is 0 Å². The summed E-state index contributed by atoms with van der Waals surface area (Å²) in [7, 11) is 0. The molecule has 2 aromatic rings. The van der Waals surface area contributed by atoms with Crippen LogP contribution in [0.15, 0.2) is 24.4 Å². The van der Waals surface area contributed by atoms with Crippen LogP contribution in [-0.4, -0.2) is 32.6 Å². The number of aliphatic hydroxyl groups is 1. The molecule has 1 aromatic heterocycles. The number of benzene rings is 1. The van der Waals surface area contributed by atoms with Crippen LogP contribution in [0.4, 0.5) is 5.69 Å². The summed E-state index contributed by atoms with van der Waals surface area (Å²) in [6, 6.07) is 5.79. The van der Waals surface area contributed by atoms with Gasteiger partial charge in [0.25, 0.3) is 0 Å². The normalized spacial score (nSPS) is 10.6. The topological polar surface area (TPSA) is 80.0 Å². The number of aliphatic hydroxyl groups excluding tert-OH is 1. The summed E-state index contributed by atoms with van der Waals surface area (Å²) >= 11 is 0. The summed E-state index contributed by atoms with van der Waals surface area (Å²) < 4.78 is 1.46. The van der Waals surface area contributed by atoms with Crippen LogP contribution < -0.4 is 5.32 Å². The van der Waals surface area contributed by atoms with E-state index in [9.17, 15) is 4.79 Å². The van der Waals surface area contributed by atoms with Crippen LogP contribution in [0.25, 0.3) is 0 Å². The molecule has 20 heavy (non-hydrogen) atoms. The van der Waals surface area contributed by atoms with Gasteiger partial charge in [-0.2, -0.15) is 0 Å². The number of rotatable bonds is 5. The lowest BCUT2D eigenvalue weighted by Gasteiger charge is -2.10. The molecule has 0 saturated carbocycles. The maximum atomic E-state index is 12.0. The first-order chi connectivity index (χ1) is 9.60. The Hall–Kier alpha value is -2.21. The quantitative estimate of drug-likeness (QED) is 0.854. The smallest absolute Gasteiger partial charge is 0.246 e. The zero-order valence-electron chi connectivity index (χ0n) is 11.6. The molecular formula is C14H18N4O2. The van der Waals surface area contributed by atoms with Crippen molar-refractivity contribution in [3.8, 4) is 0 Å². The molecule has 0 aliphatic carbocycles. The zero-order valence-corrected chi connectivity index (χ0v) is 11.6. The molecule has 0 aliphatic heterocycles. The third kappa shape index (κ3) is 3.42. The monoisotopic (exact) mass is 274 g/mol. The number of amides is 1. The van der Waals surface area contributed by atoms with Crippen LogP contribution in [0, 0.1) is 13.8 Å². The maximum Gasteiger partial charge on any atom is 0.246 e. The summed E-state index contributed by atoms with van der Waals surface area (Å²) in [4.78, 5) is 12.0. The number of nitrogens with zero attached hydrogens (tertiary/aromatic N) is 3. The number of aromatic nitrogens is 3. The van der Waals surface area contributed by atoms with E-state index in [4.69, 9.17) is 5.11 Å². The van der Waals surface area contributed by atoms with Crippen molar-refractivity contribution >= 4 is 11.6 Å². The van der Waals surface area contributed by atoms with E-state index in [-0.39, 0.29) is 19.1 Å². The second-order valence-corrected chi connectivity index (χ2v) is 4.68. The van der Waals surface area contributed by atoms with Crippen molar-refractivity contribution in [2.45, 2.75) is 26.8 Å². The second kappa shape index (κ2) is 6.29. The van der Waals surface area contributed by atoms with Gasteiger partial charge in [0, 0.05) is 24.9 Å². The molecule has 6 nitrogen and oxygen atoms in total. The summed E-state index contributed by atoms with van der Waals surface area (Å²) in [6.45, 7) is 4.10. The fourth-order valence-electron chi connectivity index (χ4n) is 1.87. The predicted molar refractivity (Wildman–Crippen MR) is 75.4 cm³/mol. The van der Waals surface area contributed by atoms with E-state index in [0.29, 0.717) is 12.1 Å². The Bertz CT molecular complexity index is 607. The first kappa shape index (κ1) is 14.2. The van der Waals surface area contributed by atoms with Gasteiger partial charge in [-0.1, -0.05) is 17.3 Å². The van der Waals surface area contributed by atoms with Crippen molar-refractivity contribution in [2.75, 3.05) is 11.9 Å². The van der Waals surface area contributed by atoms with E-state index in [1.807, 2.05) is 32.0 Å². The van der Waals surface area contributed by atoms with Gasteiger partial charge in [-0.05, 0) is 31.0 Å². The van der Waals surface area contributed by atoms with Crippen molar-refractivity contribution in [3.63, 3.8) is 0 Å². The number of hydrogen-bond acceptors (Lipinski definition) is 4. The predicted octanol–water partition coefficient (Wildman–Crippen LogP) is 1.07. The Balaban J connectivity index is 1.99. The van der Waals surface area contributed by atoms with Crippen LogP contribution in [0.5, 0.6) is 0 Å². The molecule has 106 valence electrons. The molecule has 0 radical (unpaired) electrons. The third-order valence-electron chi connectivity index (χ3n) is 3.14. The fourth-order valence-corrected chi connectivity index (χ4v) is 1.87. The molecule has 0 aliphatic rings. The maximum absolute atomic E-state index is 12.0. The lowest BCUT2D eigenvalue weighted by Crippen LogP contribution is -2.19. The summed E-state index contributed by atoms with van der Waals surface area (Å²) in [5.41, 5.74) is 3.67. The summed E-state index contributed by atoms with van der Waals surface area (Å²) in [5, 5.41) is 19.4. The van der Waals surface area contributed by atoms with Gasteiger partial charge in [0.2, 0.25) is 5.91 Å². The van der Waals surface area contributed by atoms with Gasteiger partial charge < -0.3 is 10.4 Å². The lowest BCUT2D eigenvalue weighted by molar-refractivity contribution is -0.116. The third-order valence-corrected chi connectivity index (χ3v) is 3.14. The van der Waals surface area contributed by atoms with Crippen LogP contribution in [0.1, 0.15) is 16.8 Å². The number of aryl methyl sites for hydroxylation is 1. The molecule has 0 unspecified atom stereocenters. The number of nitrogens with one attached hydrogen (secondary N) is 1. The fraction of sp³-hybridized carbons (Fsp3) is 0.357. The molecule has 0 saturated heterocycles. The average Bonchev–Trinajstić information content (AvgIpc) is 2.83. The SMILES string of the molecule is Cc1cccc(NC(=O)Cn2cc(CCO)nn2)c1C. The van der Waals surface area contributed by atoms with Crippen molar-refractivity contribution in [1.29, 1.82) is 0 Å². The number of hydrogen-bond donors (Lipinski definition) is 2. The highest BCUT2D eigenvalue weighted by Crippen LogP contribution is 2.17. The van der Waals surface area contributed by atoms with Crippen molar-refractivity contribution in [1.82, 2.24) is 15.0 Å². The second-order valence-electron chi connectivity index (χ2n) is 4.68. The van der Waals surface area contributed by atoms with E-state index in [1.165, 1.54) is 4.68 Å². The van der Waals surface area contributed by atoms with E-state index in [1.54, 1.807) is 6.20 Å². The molecule has 1 heterocycles. The minimum Gasteiger partial charge on any atom is -0.396 e. The first-order valence-electron chi connectivity index (χ1n) is 6.46. The minimum atomic E-state index is -0.154. The van der Waals surface area contributed by atoms with Crippen LogP contribution >= 0.6 is 0 Å². The first-order valence-corrected chi connectivity index (χ1v) is 6.46. The Morgan fingerprint density at radius 3 is 2.95 bits per heavy atom. The van der Waals surface area contributed by atoms with Gasteiger partial charge in [0.15, 0.2) is 0 Å². The van der Waals surface area contributed by atoms with Gasteiger partial charge in [-0.15, -0.1) is 5.10 Å². The van der Waals surface area contributed by atoms with E-state index in [2.05, 4.69) is 15.6 Å². The molecule has 2 rings (SSSR count). The molecule has 0 spiro atoms. The highest BCUT2D eigenvalue weighted by Gasteiger charge is 2.08. The molecule has 6 heteroatoms. The summed E-state index contributed by atoms with van der Waals surface area (Å²) in [6.07, 6.45) is 2.11. The molecule has 1 aromatic carbocycles. The molecule has 0 fully saturated rings. The van der Waals surface area contributed by atoms with Crippen molar-refractivity contribution in [2.24, 2.45) is 0 Å². The molecule has 0 atom stereocenters. The largest absolute Gasteiger partial charge is 0.396 e. The van der Waals surface area contributed by atoms with Crippen molar-refractivity contribution in [3.05, 3.63) is 41.2 Å². The highest BCUT2D eigenvalue weighted by atomic mass is 16.3. The molecule has 2 N–H and O–H groups in total. The van der Waals surface area contributed by atoms with Crippen LogP contribution in [0.2, 0.25) is 0 Å². The van der Waals surface area contributed by atoms with Gasteiger partial charge in [-0.25, -0.2) is 4.68 Å². The van der Waals surface area contributed by atoms with E-state index < -0.39 is 0 Å². The number of carbonyl (C=O) groups excluding carboxylic acids is 1. The average molecular weight is 274 g/mol. The Labute approximate surface area is 117 Å². The standard InChI is InChI=1S/C14H18N4O2/c1-10-4-3-5-13(11(10)2)15-14(20)9-18-8-12(6-7-19)16-17-18/h3-5,8,19H,6-7,9H2,1-2H3,(H,15,20). The number of anilines is 1. The zero-order chi connectivity index (χ0) is 14.5. The van der Waals surface area contributed by atoms with E-state index >= 15 is 0 Å². The molecular weight excluding hydrogens is 256 g/mol. The number of carbonyl (C=O) groups is 1. The van der Waals surface area contributed by atoms with Crippen molar-refractivity contribution < 1.29 is 9.90 Å². The highest BCUT2D eigenvalue weighted by molar-refractivity contribution is 5.91. The molecule has 1 amide bonds. The Morgan fingerprint density at radius 1 is 1.40 bits per heavy atom. The van der Waals surface area contributed by atoms with Gasteiger partial charge in [0.1, 0.15) is 6.54 Å². The Kier molecular flexibility index (Phi) is 4.47. The van der Waals surface area contributed by atoms with E-state index in [0.717, 1.165) is 16.8 Å². The summed E-state index contributed by atoms with van der Waals surface area (Å²) in [5.74, 6) is -0.154. The Morgan fingerprint density at radius 2 is 2.20 bits per heavy atom. The van der Waals surface area contributed by atoms with Gasteiger partial charge in [0.05, 0.1) is 5.69 Å². The minimum absolute atomic E-state index is 0.0212. The molecule has 0 bridgehead atoms.